The second-order valence-electron chi connectivity index (χ2n) is 3.07. The Morgan fingerprint density at radius 3 is 2.45 bits per heavy atom. The lowest BCUT2D eigenvalue weighted by Crippen LogP contribution is -2.05. The Hall–Kier alpha value is -0.990. The monoisotopic (exact) mass is 151 g/mol. The average Bonchev–Trinajstić information content (AvgIpc) is 2.05. The Morgan fingerprint density at radius 1 is 1.27 bits per heavy atom. The fourth-order valence-corrected chi connectivity index (χ4v) is 0.808. The summed E-state index contributed by atoms with van der Waals surface area (Å²) < 4.78 is 0. The van der Waals surface area contributed by atoms with Crippen LogP contribution in [0.3, 0.4) is 0 Å². The molecule has 0 spiro atoms. The Balaban J connectivity index is 2.77. The number of hydrogen-bond donors (Lipinski definition) is 0. The first-order chi connectivity index (χ1) is 5.22. The summed E-state index contributed by atoms with van der Waals surface area (Å²) >= 11 is 0. The minimum atomic E-state index is 0.441. The highest BCUT2D eigenvalue weighted by atomic mass is 15.1. The molecule has 0 aliphatic heterocycles. The van der Waals surface area contributed by atoms with Crippen LogP contribution in [0.15, 0.2) is 12.5 Å². The predicted molar refractivity (Wildman–Crippen MR) is 43.1 cm³/mol. The van der Waals surface area contributed by atoms with E-state index in [1.165, 1.54) is 6.33 Å². The van der Waals surface area contributed by atoms with Gasteiger partial charge in [-0.25, -0.2) is 4.98 Å². The zero-order valence-electron chi connectivity index (χ0n) is 7.15. The van der Waals surface area contributed by atoms with Gasteiger partial charge in [0.25, 0.3) is 0 Å². The summed E-state index contributed by atoms with van der Waals surface area (Å²) in [5.41, 5.74) is 0.975. The molecule has 1 unspecified atom stereocenters. The standard InChI is InChI=1S/C8H13N3/c1-6(2)7(3)8-4-9-5-10-11-8/h4-7H,1-3H3. The van der Waals surface area contributed by atoms with Crippen molar-refractivity contribution in [2.24, 2.45) is 5.92 Å². The molecule has 0 bridgehead atoms. The van der Waals surface area contributed by atoms with Crippen molar-refractivity contribution in [3.63, 3.8) is 0 Å². The maximum atomic E-state index is 3.99. The summed E-state index contributed by atoms with van der Waals surface area (Å²) in [5, 5.41) is 7.71. The van der Waals surface area contributed by atoms with Crippen LogP contribution in [0, 0.1) is 5.92 Å². The molecule has 1 rings (SSSR count). The Kier molecular flexibility index (Phi) is 2.52. The SMILES string of the molecule is CC(C)C(C)c1cncnn1. The van der Waals surface area contributed by atoms with Gasteiger partial charge in [0.15, 0.2) is 0 Å². The van der Waals surface area contributed by atoms with Crippen LogP contribution in [0.2, 0.25) is 0 Å². The molecule has 1 aromatic heterocycles. The van der Waals surface area contributed by atoms with Gasteiger partial charge in [0.05, 0.1) is 11.9 Å². The molecule has 0 saturated carbocycles. The van der Waals surface area contributed by atoms with Crippen molar-refractivity contribution in [2.75, 3.05) is 0 Å². The maximum absolute atomic E-state index is 3.99. The summed E-state index contributed by atoms with van der Waals surface area (Å²) in [6, 6.07) is 0. The number of hydrogen-bond acceptors (Lipinski definition) is 3. The zero-order chi connectivity index (χ0) is 8.27. The van der Waals surface area contributed by atoms with Gasteiger partial charge >= 0.3 is 0 Å². The third kappa shape index (κ3) is 1.97. The lowest BCUT2D eigenvalue weighted by Gasteiger charge is -2.12. The molecule has 0 aliphatic rings. The first-order valence-corrected chi connectivity index (χ1v) is 3.84. The van der Waals surface area contributed by atoms with Gasteiger partial charge in [-0.15, -0.1) is 5.10 Å². The topological polar surface area (TPSA) is 38.7 Å². The number of nitrogens with zero attached hydrogens (tertiary/aromatic N) is 3. The van der Waals surface area contributed by atoms with E-state index in [2.05, 4.69) is 36.0 Å². The minimum Gasteiger partial charge on any atom is -0.241 e. The van der Waals surface area contributed by atoms with Gasteiger partial charge in [0.1, 0.15) is 6.33 Å². The van der Waals surface area contributed by atoms with Crippen molar-refractivity contribution in [1.29, 1.82) is 0 Å². The molecule has 0 radical (unpaired) electrons. The molecule has 0 aromatic carbocycles. The molecule has 1 aromatic rings. The molecule has 0 amide bonds. The van der Waals surface area contributed by atoms with Crippen LogP contribution in [0.4, 0.5) is 0 Å². The highest BCUT2D eigenvalue weighted by Crippen LogP contribution is 2.19. The third-order valence-corrected chi connectivity index (χ3v) is 1.96. The highest BCUT2D eigenvalue weighted by molar-refractivity contribution is 4.99. The fourth-order valence-electron chi connectivity index (χ4n) is 0.808. The van der Waals surface area contributed by atoms with Crippen molar-refractivity contribution >= 4 is 0 Å². The van der Waals surface area contributed by atoms with Gasteiger partial charge in [0, 0.05) is 5.92 Å². The molecule has 60 valence electrons. The van der Waals surface area contributed by atoms with Gasteiger partial charge in [0.2, 0.25) is 0 Å². The average molecular weight is 151 g/mol. The van der Waals surface area contributed by atoms with Crippen molar-refractivity contribution in [3.8, 4) is 0 Å². The van der Waals surface area contributed by atoms with E-state index in [0.29, 0.717) is 11.8 Å². The lowest BCUT2D eigenvalue weighted by atomic mass is 9.95. The normalized spacial score (nSPS) is 13.5. The fraction of sp³-hybridized carbons (Fsp3) is 0.625. The Labute approximate surface area is 66.9 Å². The van der Waals surface area contributed by atoms with Crippen LogP contribution >= 0.6 is 0 Å². The predicted octanol–water partition coefficient (Wildman–Crippen LogP) is 1.63. The van der Waals surface area contributed by atoms with Crippen LogP contribution in [0.1, 0.15) is 32.4 Å². The van der Waals surface area contributed by atoms with Gasteiger partial charge in [-0.3, -0.25) is 0 Å². The molecule has 11 heavy (non-hydrogen) atoms. The maximum Gasteiger partial charge on any atom is 0.138 e. The van der Waals surface area contributed by atoms with E-state index in [1.807, 2.05) is 0 Å². The van der Waals surface area contributed by atoms with Crippen LogP contribution in [-0.4, -0.2) is 15.2 Å². The zero-order valence-corrected chi connectivity index (χ0v) is 7.15. The molecule has 3 heteroatoms. The third-order valence-electron chi connectivity index (χ3n) is 1.96. The van der Waals surface area contributed by atoms with E-state index in [9.17, 15) is 0 Å². The largest absolute Gasteiger partial charge is 0.241 e. The van der Waals surface area contributed by atoms with Crippen molar-refractivity contribution in [2.45, 2.75) is 26.7 Å². The van der Waals surface area contributed by atoms with E-state index < -0.39 is 0 Å². The summed E-state index contributed by atoms with van der Waals surface area (Å²) in [6.45, 7) is 6.47. The Morgan fingerprint density at radius 2 is 2.00 bits per heavy atom. The van der Waals surface area contributed by atoms with Crippen molar-refractivity contribution in [1.82, 2.24) is 15.2 Å². The van der Waals surface area contributed by atoms with E-state index in [0.717, 1.165) is 5.69 Å². The van der Waals surface area contributed by atoms with E-state index in [-0.39, 0.29) is 0 Å². The van der Waals surface area contributed by atoms with E-state index in [4.69, 9.17) is 0 Å². The molecule has 0 saturated heterocycles. The second kappa shape index (κ2) is 3.42. The second-order valence-corrected chi connectivity index (χ2v) is 3.07. The van der Waals surface area contributed by atoms with E-state index >= 15 is 0 Å². The molecule has 1 atom stereocenters. The molecule has 0 aliphatic carbocycles. The molecular formula is C8H13N3. The first kappa shape index (κ1) is 8.11. The molecule has 0 N–H and O–H groups in total. The highest BCUT2D eigenvalue weighted by Gasteiger charge is 2.10. The summed E-state index contributed by atoms with van der Waals surface area (Å²) in [4.78, 5) is 3.91. The van der Waals surface area contributed by atoms with Crippen LogP contribution in [0.5, 0.6) is 0 Å². The van der Waals surface area contributed by atoms with Gasteiger partial charge in [-0.05, 0) is 5.92 Å². The van der Waals surface area contributed by atoms with Crippen LogP contribution < -0.4 is 0 Å². The number of rotatable bonds is 2. The lowest BCUT2D eigenvalue weighted by molar-refractivity contribution is 0.515. The summed E-state index contributed by atoms with van der Waals surface area (Å²) in [6.07, 6.45) is 3.23. The van der Waals surface area contributed by atoms with Crippen molar-refractivity contribution in [3.05, 3.63) is 18.2 Å². The Bertz CT molecular complexity index is 208. The van der Waals surface area contributed by atoms with Crippen LogP contribution in [0.25, 0.3) is 0 Å². The molecule has 3 nitrogen and oxygen atoms in total. The quantitative estimate of drug-likeness (QED) is 0.644. The van der Waals surface area contributed by atoms with Crippen molar-refractivity contribution < 1.29 is 0 Å². The summed E-state index contributed by atoms with van der Waals surface area (Å²) in [5.74, 6) is 1.03. The minimum absolute atomic E-state index is 0.441. The first-order valence-electron chi connectivity index (χ1n) is 3.84. The molecule has 1 heterocycles. The summed E-state index contributed by atoms with van der Waals surface area (Å²) in [7, 11) is 0. The van der Waals surface area contributed by atoms with Crippen LogP contribution in [-0.2, 0) is 0 Å². The van der Waals surface area contributed by atoms with Gasteiger partial charge in [-0.1, -0.05) is 20.8 Å². The van der Waals surface area contributed by atoms with Gasteiger partial charge in [-0.2, -0.15) is 5.10 Å². The number of aromatic nitrogens is 3. The van der Waals surface area contributed by atoms with E-state index in [1.54, 1.807) is 6.20 Å². The molecular weight excluding hydrogens is 138 g/mol. The smallest absolute Gasteiger partial charge is 0.138 e. The van der Waals surface area contributed by atoms with Gasteiger partial charge < -0.3 is 0 Å². The molecule has 0 fully saturated rings.